The highest BCUT2D eigenvalue weighted by Crippen LogP contribution is 2.18. The molecule has 1 heterocycles. The van der Waals surface area contributed by atoms with Crippen LogP contribution in [0.4, 0.5) is 4.79 Å². The second-order valence-electron chi connectivity index (χ2n) is 4.85. The molecule has 1 saturated heterocycles. The van der Waals surface area contributed by atoms with E-state index in [1.807, 2.05) is 30.3 Å². The van der Waals surface area contributed by atoms with E-state index in [0.29, 0.717) is 19.4 Å². The molecule has 0 radical (unpaired) electrons. The van der Waals surface area contributed by atoms with Crippen molar-refractivity contribution >= 4 is 17.8 Å². The van der Waals surface area contributed by atoms with Gasteiger partial charge in [-0.15, -0.1) is 0 Å². The van der Waals surface area contributed by atoms with Crippen LogP contribution >= 0.6 is 0 Å². The van der Waals surface area contributed by atoms with Crippen LogP contribution in [0.3, 0.4) is 0 Å². The van der Waals surface area contributed by atoms with Gasteiger partial charge in [0.2, 0.25) is 5.91 Å². The van der Waals surface area contributed by atoms with Crippen LogP contribution in [0.2, 0.25) is 0 Å². The highest BCUT2D eigenvalue weighted by atomic mass is 16.5. The van der Waals surface area contributed by atoms with E-state index in [9.17, 15) is 14.4 Å². The number of rotatable bonds is 6. The number of hydrogen-bond donors (Lipinski definition) is 3. The average molecular weight is 291 g/mol. The molecule has 1 aromatic carbocycles. The molecule has 0 aliphatic carbocycles. The lowest BCUT2D eigenvalue weighted by Gasteiger charge is -2.21. The van der Waals surface area contributed by atoms with Crippen molar-refractivity contribution in [2.45, 2.75) is 31.8 Å². The fourth-order valence-electron chi connectivity index (χ4n) is 2.30. The maximum Gasteiger partial charge on any atom is 0.325 e. The van der Waals surface area contributed by atoms with Crippen LogP contribution in [0.15, 0.2) is 30.3 Å². The summed E-state index contributed by atoms with van der Waals surface area (Å²) in [5.74, 6) is -0.852. The molecule has 0 bridgehead atoms. The van der Waals surface area contributed by atoms with Crippen molar-refractivity contribution in [1.29, 1.82) is 0 Å². The molecule has 1 aromatic rings. The fourth-order valence-corrected chi connectivity index (χ4v) is 2.30. The lowest BCUT2D eigenvalue weighted by atomic mass is 10.1. The maximum atomic E-state index is 11.8. The third-order valence-electron chi connectivity index (χ3n) is 3.37. The van der Waals surface area contributed by atoms with Crippen LogP contribution in [0, 0.1) is 0 Å². The predicted octanol–water partition coefficient (Wildman–Crippen LogP) is 0.783. The topological polar surface area (TPSA) is 98.7 Å². The summed E-state index contributed by atoms with van der Waals surface area (Å²) in [6, 6.07) is 8.38. The minimum Gasteiger partial charge on any atom is -0.308 e. The summed E-state index contributed by atoms with van der Waals surface area (Å²) >= 11 is 0. The van der Waals surface area contributed by atoms with Gasteiger partial charge in [0, 0.05) is 13.0 Å². The van der Waals surface area contributed by atoms with Crippen LogP contribution < -0.4 is 10.8 Å². The SMILES string of the molecule is O=C(CCCC1C(=O)NC(=O)N1Cc1ccccc1)NO. The van der Waals surface area contributed by atoms with Crippen molar-refractivity contribution in [2.75, 3.05) is 0 Å². The van der Waals surface area contributed by atoms with E-state index in [1.165, 1.54) is 4.90 Å². The second-order valence-corrected chi connectivity index (χ2v) is 4.85. The van der Waals surface area contributed by atoms with Crippen molar-refractivity contribution in [3.05, 3.63) is 35.9 Å². The van der Waals surface area contributed by atoms with E-state index in [-0.39, 0.29) is 12.3 Å². The van der Waals surface area contributed by atoms with E-state index in [4.69, 9.17) is 5.21 Å². The third-order valence-corrected chi connectivity index (χ3v) is 3.37. The van der Waals surface area contributed by atoms with E-state index in [0.717, 1.165) is 5.56 Å². The number of urea groups is 1. The Bertz CT molecular complexity index is 532. The Kier molecular flexibility index (Phi) is 4.89. The Morgan fingerprint density at radius 3 is 2.67 bits per heavy atom. The second kappa shape index (κ2) is 6.85. The van der Waals surface area contributed by atoms with Crippen LogP contribution in [-0.2, 0) is 16.1 Å². The Labute approximate surface area is 121 Å². The Balaban J connectivity index is 1.98. The highest BCUT2D eigenvalue weighted by molar-refractivity contribution is 6.04. The fraction of sp³-hybridized carbons (Fsp3) is 0.357. The minimum absolute atomic E-state index is 0.105. The van der Waals surface area contributed by atoms with Gasteiger partial charge in [-0.3, -0.25) is 20.1 Å². The molecule has 1 atom stereocenters. The number of carbonyl (C=O) groups excluding carboxylic acids is 3. The first-order valence-electron chi connectivity index (χ1n) is 6.70. The zero-order valence-corrected chi connectivity index (χ0v) is 11.4. The van der Waals surface area contributed by atoms with Crippen molar-refractivity contribution in [3.63, 3.8) is 0 Å². The Hall–Kier alpha value is -2.41. The molecule has 1 fully saturated rings. The molecule has 7 nitrogen and oxygen atoms in total. The van der Waals surface area contributed by atoms with E-state index in [1.54, 1.807) is 5.48 Å². The molecular formula is C14H17N3O4. The van der Waals surface area contributed by atoms with Gasteiger partial charge in [0.05, 0.1) is 0 Å². The summed E-state index contributed by atoms with van der Waals surface area (Å²) in [7, 11) is 0. The molecule has 4 amide bonds. The normalized spacial score (nSPS) is 17.8. The number of carbonyl (C=O) groups is 3. The van der Waals surface area contributed by atoms with Gasteiger partial charge in [0.25, 0.3) is 5.91 Å². The number of amides is 4. The molecule has 3 N–H and O–H groups in total. The molecule has 1 aliphatic rings. The van der Waals surface area contributed by atoms with Gasteiger partial charge in [0.1, 0.15) is 6.04 Å². The summed E-state index contributed by atoms with van der Waals surface area (Å²) in [6.45, 7) is 0.343. The number of nitrogens with one attached hydrogen (secondary N) is 2. The largest absolute Gasteiger partial charge is 0.325 e. The number of imide groups is 1. The first-order valence-corrected chi connectivity index (χ1v) is 6.70. The molecular weight excluding hydrogens is 274 g/mol. The molecule has 1 unspecified atom stereocenters. The van der Waals surface area contributed by atoms with Gasteiger partial charge < -0.3 is 4.90 Å². The summed E-state index contributed by atoms with van der Waals surface area (Å²) in [5.41, 5.74) is 2.47. The van der Waals surface area contributed by atoms with Gasteiger partial charge in [-0.1, -0.05) is 30.3 Å². The van der Waals surface area contributed by atoms with Crippen molar-refractivity contribution in [2.24, 2.45) is 0 Å². The Morgan fingerprint density at radius 2 is 2.00 bits per heavy atom. The third kappa shape index (κ3) is 3.79. The van der Waals surface area contributed by atoms with Gasteiger partial charge in [-0.2, -0.15) is 0 Å². The zero-order chi connectivity index (χ0) is 15.2. The van der Waals surface area contributed by atoms with Crippen molar-refractivity contribution < 1.29 is 19.6 Å². The van der Waals surface area contributed by atoms with E-state index < -0.39 is 18.0 Å². The van der Waals surface area contributed by atoms with Gasteiger partial charge in [-0.25, -0.2) is 10.3 Å². The molecule has 7 heteroatoms. The molecule has 112 valence electrons. The van der Waals surface area contributed by atoms with Gasteiger partial charge >= 0.3 is 6.03 Å². The number of hydrogen-bond acceptors (Lipinski definition) is 4. The predicted molar refractivity (Wildman–Crippen MR) is 73.1 cm³/mol. The smallest absolute Gasteiger partial charge is 0.308 e. The summed E-state index contributed by atoms with van der Waals surface area (Å²) in [6.07, 6.45) is 0.883. The lowest BCUT2D eigenvalue weighted by Crippen LogP contribution is -2.34. The molecule has 0 spiro atoms. The molecule has 21 heavy (non-hydrogen) atoms. The average Bonchev–Trinajstić information content (AvgIpc) is 2.75. The Morgan fingerprint density at radius 1 is 1.29 bits per heavy atom. The number of nitrogens with zero attached hydrogens (tertiary/aromatic N) is 1. The highest BCUT2D eigenvalue weighted by Gasteiger charge is 2.37. The molecule has 1 aliphatic heterocycles. The summed E-state index contributed by atoms with van der Waals surface area (Å²) in [5, 5.41) is 10.7. The standard InChI is InChI=1S/C14H17N3O4/c18-12(16-21)8-4-7-11-13(19)15-14(20)17(11)9-10-5-2-1-3-6-10/h1-3,5-6,11,21H,4,7-9H2,(H,16,18)(H,15,19,20). The van der Waals surface area contributed by atoms with Gasteiger partial charge in [-0.05, 0) is 18.4 Å². The van der Waals surface area contributed by atoms with Crippen LogP contribution in [-0.4, -0.2) is 34.0 Å². The van der Waals surface area contributed by atoms with E-state index >= 15 is 0 Å². The quantitative estimate of drug-likeness (QED) is 0.410. The first-order chi connectivity index (χ1) is 10.1. The lowest BCUT2D eigenvalue weighted by molar-refractivity contribution is -0.129. The van der Waals surface area contributed by atoms with Crippen molar-refractivity contribution in [1.82, 2.24) is 15.7 Å². The van der Waals surface area contributed by atoms with E-state index in [2.05, 4.69) is 5.32 Å². The summed E-state index contributed by atoms with van der Waals surface area (Å²) < 4.78 is 0. The minimum atomic E-state index is -0.579. The molecule has 0 saturated carbocycles. The van der Waals surface area contributed by atoms with Crippen LogP contribution in [0.1, 0.15) is 24.8 Å². The van der Waals surface area contributed by atoms with Crippen molar-refractivity contribution in [3.8, 4) is 0 Å². The zero-order valence-electron chi connectivity index (χ0n) is 11.4. The number of hydroxylamine groups is 1. The van der Waals surface area contributed by atoms with Crippen LogP contribution in [0.25, 0.3) is 0 Å². The maximum absolute atomic E-state index is 11.8. The first kappa shape index (κ1) is 15.0. The monoisotopic (exact) mass is 291 g/mol. The number of benzene rings is 1. The molecule has 0 aromatic heterocycles. The van der Waals surface area contributed by atoms with Gasteiger partial charge in [0.15, 0.2) is 0 Å². The molecule has 2 rings (SSSR count). The summed E-state index contributed by atoms with van der Waals surface area (Å²) in [4.78, 5) is 36.1. The van der Waals surface area contributed by atoms with Crippen LogP contribution in [0.5, 0.6) is 0 Å².